The summed E-state index contributed by atoms with van der Waals surface area (Å²) in [6.07, 6.45) is 3.56. The number of ether oxygens (including phenoxy) is 1. The highest BCUT2D eigenvalue weighted by Crippen LogP contribution is 2.34. The summed E-state index contributed by atoms with van der Waals surface area (Å²) in [4.78, 5) is 14.5. The summed E-state index contributed by atoms with van der Waals surface area (Å²) in [6.45, 7) is 3.93. The van der Waals surface area contributed by atoms with Crippen LogP contribution in [-0.4, -0.2) is 27.5 Å². The Morgan fingerprint density at radius 2 is 2.08 bits per heavy atom. The summed E-state index contributed by atoms with van der Waals surface area (Å²) in [5.74, 6) is -0.382. The van der Waals surface area contributed by atoms with Crippen LogP contribution in [0.25, 0.3) is 0 Å². The van der Waals surface area contributed by atoms with Crippen molar-refractivity contribution in [3.05, 3.63) is 58.5 Å². The quantitative estimate of drug-likeness (QED) is 0.638. The highest BCUT2D eigenvalue weighted by atomic mass is 35.5. The molecule has 1 N–H and O–H groups in total. The lowest BCUT2D eigenvalue weighted by Gasteiger charge is -2.37. The smallest absolute Gasteiger partial charge is 0.338 e. The van der Waals surface area contributed by atoms with Crippen LogP contribution >= 0.6 is 23.8 Å². The van der Waals surface area contributed by atoms with Gasteiger partial charge in [0.05, 0.1) is 24.4 Å². The Morgan fingerprint density at radius 1 is 1.38 bits per heavy atom. The molecule has 0 saturated carbocycles. The van der Waals surface area contributed by atoms with Gasteiger partial charge in [0, 0.05) is 35.2 Å². The van der Waals surface area contributed by atoms with Crippen LogP contribution in [-0.2, 0) is 16.6 Å². The molecule has 1 aliphatic heterocycles. The summed E-state index contributed by atoms with van der Waals surface area (Å²) < 4.78 is 6.98. The van der Waals surface area contributed by atoms with Crippen molar-refractivity contribution in [2.75, 3.05) is 11.5 Å². The SMILES string of the molecule is CCOC(=O)C1=C(C)N(c2ccc(Cl)cc2)C(=S)NC1c1cnn(C)c1. The van der Waals surface area contributed by atoms with Crippen LogP contribution in [0.5, 0.6) is 0 Å². The number of thiocarbonyl (C=S) groups is 1. The van der Waals surface area contributed by atoms with Crippen LogP contribution in [0, 0.1) is 0 Å². The minimum absolute atomic E-state index is 0.292. The number of esters is 1. The molecule has 0 bridgehead atoms. The number of allylic oxidation sites excluding steroid dienone is 1. The summed E-state index contributed by atoms with van der Waals surface area (Å²) in [7, 11) is 1.82. The van der Waals surface area contributed by atoms with Crippen molar-refractivity contribution in [3.63, 3.8) is 0 Å². The molecule has 1 aliphatic rings. The number of carbonyl (C=O) groups excluding carboxylic acids is 1. The summed E-state index contributed by atoms with van der Waals surface area (Å²) in [6, 6.07) is 6.85. The van der Waals surface area contributed by atoms with Crippen LogP contribution in [0.2, 0.25) is 5.02 Å². The molecule has 0 amide bonds. The number of halogens is 1. The Morgan fingerprint density at radius 3 is 2.65 bits per heavy atom. The number of rotatable bonds is 4. The number of hydrogen-bond acceptors (Lipinski definition) is 4. The van der Waals surface area contributed by atoms with Crippen LogP contribution in [0.1, 0.15) is 25.5 Å². The third kappa shape index (κ3) is 3.45. The van der Waals surface area contributed by atoms with E-state index in [0.717, 1.165) is 11.3 Å². The third-order valence-corrected chi connectivity index (χ3v) is 4.68. The van der Waals surface area contributed by atoms with Crippen LogP contribution < -0.4 is 10.2 Å². The number of hydrogen-bond donors (Lipinski definition) is 1. The summed E-state index contributed by atoms with van der Waals surface area (Å²) >= 11 is 11.6. The molecule has 0 fully saturated rings. The van der Waals surface area contributed by atoms with Crippen LogP contribution in [0.4, 0.5) is 5.69 Å². The van der Waals surface area contributed by atoms with Gasteiger partial charge in [0.2, 0.25) is 0 Å². The van der Waals surface area contributed by atoms with E-state index in [1.54, 1.807) is 29.9 Å². The second-order valence-electron chi connectivity index (χ2n) is 5.86. The number of aromatic nitrogens is 2. The van der Waals surface area contributed by atoms with Gasteiger partial charge in [0.25, 0.3) is 0 Å². The van der Waals surface area contributed by atoms with Crippen molar-refractivity contribution >= 4 is 40.6 Å². The molecule has 2 heterocycles. The molecule has 0 saturated heterocycles. The monoisotopic (exact) mass is 390 g/mol. The fourth-order valence-corrected chi connectivity index (χ4v) is 3.44. The Balaban J connectivity index is 2.11. The van der Waals surface area contributed by atoms with Gasteiger partial charge in [-0.05, 0) is 50.3 Å². The number of aryl methyl sites for hydroxylation is 1. The van der Waals surface area contributed by atoms with Gasteiger partial charge in [-0.1, -0.05) is 11.6 Å². The highest BCUT2D eigenvalue weighted by molar-refractivity contribution is 7.80. The van der Waals surface area contributed by atoms with E-state index < -0.39 is 6.04 Å². The predicted molar refractivity (Wildman–Crippen MR) is 105 cm³/mol. The van der Waals surface area contributed by atoms with Crippen molar-refractivity contribution in [2.45, 2.75) is 19.9 Å². The largest absolute Gasteiger partial charge is 0.463 e. The molecule has 1 aromatic heterocycles. The van der Waals surface area contributed by atoms with Gasteiger partial charge in [-0.15, -0.1) is 0 Å². The Hall–Kier alpha value is -2.38. The summed E-state index contributed by atoms with van der Waals surface area (Å²) in [5, 5.41) is 8.56. The molecule has 1 atom stereocenters. The van der Waals surface area contributed by atoms with E-state index in [1.165, 1.54) is 0 Å². The molecular weight excluding hydrogens is 372 g/mol. The number of nitrogens with one attached hydrogen (secondary N) is 1. The van der Waals surface area contributed by atoms with E-state index in [4.69, 9.17) is 28.6 Å². The normalized spacial score (nSPS) is 17.3. The number of carbonyl (C=O) groups is 1. The molecular formula is C18H19ClN4O2S. The second-order valence-corrected chi connectivity index (χ2v) is 6.68. The van der Waals surface area contributed by atoms with Gasteiger partial charge in [-0.2, -0.15) is 5.10 Å². The van der Waals surface area contributed by atoms with E-state index in [-0.39, 0.29) is 5.97 Å². The molecule has 1 unspecified atom stereocenters. The molecule has 1 aromatic carbocycles. The Labute approximate surface area is 162 Å². The fourth-order valence-electron chi connectivity index (χ4n) is 2.96. The fraction of sp³-hybridized carbons (Fsp3) is 0.278. The number of nitrogens with zero attached hydrogens (tertiary/aromatic N) is 3. The van der Waals surface area contributed by atoms with E-state index in [0.29, 0.717) is 28.0 Å². The third-order valence-electron chi connectivity index (χ3n) is 4.12. The second kappa shape index (κ2) is 7.47. The first kappa shape index (κ1) is 18.4. The van der Waals surface area contributed by atoms with Gasteiger partial charge >= 0.3 is 5.97 Å². The molecule has 0 spiro atoms. The van der Waals surface area contributed by atoms with Crippen LogP contribution in [0.15, 0.2) is 47.9 Å². The van der Waals surface area contributed by atoms with Crippen molar-refractivity contribution in [1.29, 1.82) is 0 Å². The molecule has 6 nitrogen and oxygen atoms in total. The van der Waals surface area contributed by atoms with E-state index >= 15 is 0 Å². The van der Waals surface area contributed by atoms with Crippen molar-refractivity contribution in [2.24, 2.45) is 7.05 Å². The van der Waals surface area contributed by atoms with Gasteiger partial charge in [-0.25, -0.2) is 4.79 Å². The molecule has 136 valence electrons. The molecule has 0 aliphatic carbocycles. The van der Waals surface area contributed by atoms with Crippen molar-refractivity contribution in [3.8, 4) is 0 Å². The lowest BCUT2D eigenvalue weighted by atomic mass is 9.97. The average Bonchev–Trinajstić information content (AvgIpc) is 3.02. The van der Waals surface area contributed by atoms with Crippen molar-refractivity contribution < 1.29 is 9.53 Å². The standard InChI is InChI=1S/C18H19ClN4O2S/c1-4-25-17(24)15-11(2)23(14-7-5-13(19)6-8-14)18(26)21-16(15)12-9-20-22(3)10-12/h5-10,16H,4H2,1-3H3,(H,21,26). The molecule has 8 heteroatoms. The van der Waals surface area contributed by atoms with Crippen molar-refractivity contribution in [1.82, 2.24) is 15.1 Å². The summed E-state index contributed by atoms with van der Waals surface area (Å²) in [5.41, 5.74) is 2.87. The highest BCUT2D eigenvalue weighted by Gasteiger charge is 2.35. The number of anilines is 1. The Kier molecular flexibility index (Phi) is 5.29. The first-order chi connectivity index (χ1) is 12.4. The van der Waals surface area contributed by atoms with Gasteiger partial charge < -0.3 is 10.1 Å². The maximum absolute atomic E-state index is 12.7. The molecule has 0 radical (unpaired) electrons. The van der Waals surface area contributed by atoms with Gasteiger partial charge in [-0.3, -0.25) is 9.58 Å². The van der Waals surface area contributed by atoms with Gasteiger partial charge in [0.15, 0.2) is 5.11 Å². The molecule has 26 heavy (non-hydrogen) atoms. The minimum atomic E-state index is -0.418. The average molecular weight is 391 g/mol. The lowest BCUT2D eigenvalue weighted by Crippen LogP contribution is -2.48. The predicted octanol–water partition coefficient (Wildman–Crippen LogP) is 3.35. The Bertz CT molecular complexity index is 876. The minimum Gasteiger partial charge on any atom is -0.463 e. The lowest BCUT2D eigenvalue weighted by molar-refractivity contribution is -0.139. The molecule has 2 aromatic rings. The maximum Gasteiger partial charge on any atom is 0.338 e. The van der Waals surface area contributed by atoms with Crippen LogP contribution in [0.3, 0.4) is 0 Å². The number of benzene rings is 1. The maximum atomic E-state index is 12.7. The molecule has 3 rings (SSSR count). The van der Waals surface area contributed by atoms with E-state index in [2.05, 4.69) is 10.4 Å². The zero-order valence-corrected chi connectivity index (χ0v) is 16.3. The first-order valence-corrected chi connectivity index (χ1v) is 8.93. The topological polar surface area (TPSA) is 59.4 Å². The zero-order chi connectivity index (χ0) is 18.8. The van der Waals surface area contributed by atoms with E-state index in [1.807, 2.05) is 37.2 Å². The van der Waals surface area contributed by atoms with E-state index in [9.17, 15) is 4.79 Å². The first-order valence-electron chi connectivity index (χ1n) is 8.15. The zero-order valence-electron chi connectivity index (χ0n) is 14.7. The van der Waals surface area contributed by atoms with Gasteiger partial charge in [0.1, 0.15) is 0 Å².